The lowest BCUT2D eigenvalue weighted by Crippen LogP contribution is -1.83. The summed E-state index contributed by atoms with van der Waals surface area (Å²) in [7, 11) is 0. The quantitative estimate of drug-likeness (QED) is 0.301. The van der Waals surface area contributed by atoms with Crippen LogP contribution in [-0.2, 0) is 6.42 Å². The molecule has 0 spiro atoms. The van der Waals surface area contributed by atoms with Crippen molar-refractivity contribution < 1.29 is 0 Å². The molecule has 32 heavy (non-hydrogen) atoms. The molecule has 4 aromatic heterocycles. The minimum Gasteiger partial charge on any atom is -0.355 e. The molecule has 4 nitrogen and oxygen atoms in total. The van der Waals surface area contributed by atoms with Gasteiger partial charge >= 0.3 is 0 Å². The number of nitrogens with zero attached hydrogens (tertiary/aromatic N) is 2. The Morgan fingerprint density at radius 3 is 1.97 bits per heavy atom. The van der Waals surface area contributed by atoms with Crippen LogP contribution in [0.4, 0.5) is 0 Å². The predicted molar refractivity (Wildman–Crippen MR) is 136 cm³/mol. The van der Waals surface area contributed by atoms with Crippen LogP contribution in [0, 0.1) is 6.92 Å². The standard InChI is InChI=1S/C27H22N4S/c1-3-26-27(16(2)15-32-26)24-13-23-12-21-7-6-19(29-21)10-17-4-5-18(28-17)11-20-8-9-22(30-20)14-25(24)31-23/h4-15,28,31H,3H2,1-2H3. The van der Waals surface area contributed by atoms with Crippen LogP contribution in [0.3, 0.4) is 0 Å². The van der Waals surface area contributed by atoms with Gasteiger partial charge in [-0.3, -0.25) is 0 Å². The number of aromatic nitrogens is 4. The molecule has 5 heteroatoms. The summed E-state index contributed by atoms with van der Waals surface area (Å²) in [6.07, 6.45) is 9.25. The molecule has 0 fully saturated rings. The van der Waals surface area contributed by atoms with Gasteiger partial charge in [0, 0.05) is 38.1 Å². The molecule has 4 aromatic rings. The first-order valence-electron chi connectivity index (χ1n) is 10.8. The van der Waals surface area contributed by atoms with Crippen LogP contribution >= 0.6 is 11.3 Å². The van der Waals surface area contributed by atoms with Crippen molar-refractivity contribution in [1.82, 2.24) is 19.9 Å². The van der Waals surface area contributed by atoms with Gasteiger partial charge < -0.3 is 9.97 Å². The fourth-order valence-corrected chi connectivity index (χ4v) is 5.34. The predicted octanol–water partition coefficient (Wildman–Crippen LogP) is 7.25. The maximum absolute atomic E-state index is 4.82. The molecule has 0 radical (unpaired) electrons. The van der Waals surface area contributed by atoms with Gasteiger partial charge in [-0.1, -0.05) is 6.92 Å². The van der Waals surface area contributed by atoms with E-state index in [0.29, 0.717) is 0 Å². The molecule has 2 aliphatic rings. The van der Waals surface area contributed by atoms with Crippen molar-refractivity contribution >= 4 is 57.7 Å². The minimum absolute atomic E-state index is 0.936. The molecule has 0 aromatic carbocycles. The van der Waals surface area contributed by atoms with E-state index < -0.39 is 0 Å². The van der Waals surface area contributed by atoms with Crippen molar-refractivity contribution in [2.24, 2.45) is 0 Å². The fourth-order valence-electron chi connectivity index (χ4n) is 4.34. The largest absolute Gasteiger partial charge is 0.355 e. The van der Waals surface area contributed by atoms with Crippen LogP contribution in [0.1, 0.15) is 40.1 Å². The van der Waals surface area contributed by atoms with Gasteiger partial charge in [-0.2, -0.15) is 0 Å². The summed E-state index contributed by atoms with van der Waals surface area (Å²) in [5.74, 6) is 0. The number of thiophene rings is 1. The molecule has 0 atom stereocenters. The number of hydrogen-bond acceptors (Lipinski definition) is 3. The van der Waals surface area contributed by atoms with Crippen molar-refractivity contribution in [3.63, 3.8) is 0 Å². The number of H-pyrrole nitrogens is 2. The van der Waals surface area contributed by atoms with E-state index in [4.69, 9.17) is 9.97 Å². The van der Waals surface area contributed by atoms with E-state index >= 15 is 0 Å². The monoisotopic (exact) mass is 434 g/mol. The lowest BCUT2D eigenvalue weighted by atomic mass is 10.0. The maximum Gasteiger partial charge on any atom is 0.0658 e. The van der Waals surface area contributed by atoms with Gasteiger partial charge in [-0.05, 0) is 91.1 Å². The van der Waals surface area contributed by atoms with Crippen molar-refractivity contribution in [2.75, 3.05) is 0 Å². The summed E-state index contributed by atoms with van der Waals surface area (Å²) in [5.41, 5.74) is 11.8. The first-order valence-corrected chi connectivity index (χ1v) is 11.7. The number of hydrogen-bond donors (Lipinski definition) is 2. The highest BCUT2D eigenvalue weighted by Gasteiger charge is 2.14. The van der Waals surface area contributed by atoms with Crippen molar-refractivity contribution in [2.45, 2.75) is 20.3 Å². The SMILES string of the molecule is CCc1scc(C)c1-c1cc2cc3nc(cc4ccc(cc5nc(cc1[nH]2)C=C5)[nH]4)C=C3. The molecule has 0 amide bonds. The average Bonchev–Trinajstić information content (AvgIpc) is 3.58. The Morgan fingerprint density at radius 1 is 0.750 bits per heavy atom. The van der Waals surface area contributed by atoms with Gasteiger partial charge in [0.2, 0.25) is 0 Å². The van der Waals surface area contributed by atoms with Crippen LogP contribution in [0.15, 0.2) is 47.8 Å². The number of aryl methyl sites for hydroxylation is 2. The maximum atomic E-state index is 4.82. The van der Waals surface area contributed by atoms with Gasteiger partial charge in [-0.25, -0.2) is 9.97 Å². The van der Waals surface area contributed by atoms with Crippen molar-refractivity contribution in [1.29, 1.82) is 0 Å². The zero-order valence-electron chi connectivity index (χ0n) is 17.9. The summed E-state index contributed by atoms with van der Waals surface area (Å²) in [6.45, 7) is 4.41. The molecule has 0 saturated heterocycles. The van der Waals surface area contributed by atoms with Gasteiger partial charge in [0.05, 0.1) is 22.8 Å². The average molecular weight is 435 g/mol. The highest BCUT2D eigenvalue weighted by atomic mass is 32.1. The van der Waals surface area contributed by atoms with Gasteiger partial charge in [0.15, 0.2) is 0 Å². The van der Waals surface area contributed by atoms with E-state index in [2.05, 4.69) is 89.9 Å². The topological polar surface area (TPSA) is 57.4 Å². The second-order valence-electron chi connectivity index (χ2n) is 8.16. The Balaban J connectivity index is 1.69. The normalized spacial score (nSPS) is 12.6. The van der Waals surface area contributed by atoms with Crippen LogP contribution in [0.25, 0.3) is 57.5 Å². The smallest absolute Gasteiger partial charge is 0.0658 e. The van der Waals surface area contributed by atoms with E-state index in [-0.39, 0.29) is 0 Å². The lowest BCUT2D eigenvalue weighted by molar-refractivity contribution is 1.18. The van der Waals surface area contributed by atoms with E-state index in [9.17, 15) is 0 Å². The zero-order valence-corrected chi connectivity index (χ0v) is 18.8. The first kappa shape index (κ1) is 19.0. The summed E-state index contributed by atoms with van der Waals surface area (Å²) in [6, 6.07) is 14.7. The molecule has 8 bridgehead atoms. The molecule has 0 saturated carbocycles. The molecule has 2 N–H and O–H groups in total. The number of aromatic amines is 2. The Kier molecular flexibility index (Phi) is 4.44. The highest BCUT2D eigenvalue weighted by Crippen LogP contribution is 2.36. The first-order chi connectivity index (χ1) is 15.6. The fraction of sp³-hybridized carbons (Fsp3) is 0.111. The Labute approximate surface area is 190 Å². The van der Waals surface area contributed by atoms with E-state index in [1.807, 2.05) is 17.4 Å². The molecule has 156 valence electrons. The Hall–Kier alpha value is -3.70. The number of rotatable bonds is 2. The van der Waals surface area contributed by atoms with E-state index in [0.717, 1.165) is 51.3 Å². The molecule has 6 rings (SSSR count). The van der Waals surface area contributed by atoms with Gasteiger partial charge in [0.25, 0.3) is 0 Å². The summed E-state index contributed by atoms with van der Waals surface area (Å²) >= 11 is 1.84. The summed E-state index contributed by atoms with van der Waals surface area (Å²) in [4.78, 5) is 18.1. The number of nitrogens with one attached hydrogen (secondary N) is 2. The lowest BCUT2D eigenvalue weighted by Gasteiger charge is -2.02. The zero-order chi connectivity index (χ0) is 21.7. The van der Waals surface area contributed by atoms with Crippen LogP contribution in [-0.4, -0.2) is 19.9 Å². The second kappa shape index (κ2) is 7.46. The molecule has 6 heterocycles. The van der Waals surface area contributed by atoms with Gasteiger partial charge in [-0.15, -0.1) is 11.3 Å². The molecule has 2 aliphatic heterocycles. The minimum atomic E-state index is 0.936. The third-order valence-electron chi connectivity index (χ3n) is 5.81. The second-order valence-corrected chi connectivity index (χ2v) is 9.12. The Morgan fingerprint density at radius 2 is 1.34 bits per heavy atom. The molecular weight excluding hydrogens is 412 g/mol. The molecule has 0 aliphatic carbocycles. The summed E-state index contributed by atoms with van der Waals surface area (Å²) < 4.78 is 0. The molecule has 0 unspecified atom stereocenters. The van der Waals surface area contributed by atoms with E-state index in [1.165, 1.54) is 21.6 Å². The van der Waals surface area contributed by atoms with Crippen LogP contribution in [0.5, 0.6) is 0 Å². The van der Waals surface area contributed by atoms with Crippen LogP contribution < -0.4 is 0 Å². The number of fused-ring (bicyclic) bond motifs is 8. The third-order valence-corrected chi connectivity index (χ3v) is 7.06. The molecular formula is C27H22N4S. The van der Waals surface area contributed by atoms with E-state index in [1.54, 1.807) is 0 Å². The van der Waals surface area contributed by atoms with Crippen LogP contribution in [0.2, 0.25) is 0 Å². The van der Waals surface area contributed by atoms with Crippen molar-refractivity contribution in [3.05, 3.63) is 81.1 Å². The third kappa shape index (κ3) is 3.41. The highest BCUT2D eigenvalue weighted by molar-refractivity contribution is 7.10. The van der Waals surface area contributed by atoms with Crippen molar-refractivity contribution in [3.8, 4) is 11.1 Å². The van der Waals surface area contributed by atoms with Gasteiger partial charge in [0.1, 0.15) is 0 Å². The Bertz CT molecular complexity index is 1580. The summed E-state index contributed by atoms with van der Waals surface area (Å²) in [5, 5.41) is 2.25.